The van der Waals surface area contributed by atoms with E-state index < -0.39 is 0 Å². The maximum atomic E-state index is 4.39. The minimum absolute atomic E-state index is 0.566. The van der Waals surface area contributed by atoms with E-state index in [0.717, 1.165) is 94.0 Å². The van der Waals surface area contributed by atoms with Crippen LogP contribution in [0.2, 0.25) is 0 Å². The number of nitrogens with one attached hydrogen (secondary N) is 2. The monoisotopic (exact) mass is 750 g/mol. The van der Waals surface area contributed by atoms with Crippen LogP contribution in [0.5, 0.6) is 0 Å². The lowest BCUT2D eigenvalue weighted by molar-refractivity contribution is 0.0250. The Kier molecular flexibility index (Phi) is 10.6. The zero-order valence-corrected chi connectivity index (χ0v) is 34.6. The molecule has 54 heavy (non-hydrogen) atoms. The van der Waals surface area contributed by atoms with Gasteiger partial charge in [0.1, 0.15) is 0 Å². The van der Waals surface area contributed by atoms with Crippen molar-refractivity contribution in [3.05, 3.63) is 47.6 Å². The summed E-state index contributed by atoms with van der Waals surface area (Å²) in [6.45, 7) is 0. The molecule has 11 rings (SSSR count). The zero-order chi connectivity index (χ0) is 35.6. The van der Waals surface area contributed by atoms with E-state index in [9.17, 15) is 0 Å². The first kappa shape index (κ1) is 36.3. The first-order valence-electron chi connectivity index (χ1n) is 24.5. The average Bonchev–Trinajstić information content (AvgIpc) is 3.79. The van der Waals surface area contributed by atoms with Crippen LogP contribution < -0.4 is 10.6 Å². The van der Waals surface area contributed by atoms with Gasteiger partial charge in [-0.25, -0.2) is 0 Å². The lowest BCUT2D eigenvalue weighted by Crippen LogP contribution is -2.68. The highest BCUT2D eigenvalue weighted by Crippen LogP contribution is 2.56. The van der Waals surface area contributed by atoms with Crippen LogP contribution in [0.25, 0.3) is 0 Å². The van der Waals surface area contributed by atoms with Crippen molar-refractivity contribution in [1.82, 2.24) is 15.5 Å². The second-order valence-corrected chi connectivity index (χ2v) is 22.6. The van der Waals surface area contributed by atoms with Gasteiger partial charge in [-0.15, -0.1) is 0 Å². The van der Waals surface area contributed by atoms with Crippen LogP contribution in [0.1, 0.15) is 161 Å². The maximum absolute atomic E-state index is 4.39. The van der Waals surface area contributed by atoms with Crippen LogP contribution >= 0.6 is 11.8 Å². The summed E-state index contributed by atoms with van der Waals surface area (Å²) in [7, 11) is 0. The van der Waals surface area contributed by atoms with Gasteiger partial charge in [-0.1, -0.05) is 81.4 Å². The first-order valence-corrected chi connectivity index (χ1v) is 25.4. The molecule has 296 valence electrons. The van der Waals surface area contributed by atoms with Gasteiger partial charge in [-0.2, -0.15) is 11.8 Å². The summed E-state index contributed by atoms with van der Waals surface area (Å²) >= 11 is 2.39. The fraction of sp³-hybridized carbons (Fsp3) is 0.840. The number of thioether (sulfide) groups is 1. The molecule has 14 unspecified atom stereocenters. The minimum Gasteiger partial charge on any atom is -0.299 e. The summed E-state index contributed by atoms with van der Waals surface area (Å²) in [5.41, 5.74) is 3.33. The van der Waals surface area contributed by atoms with E-state index >= 15 is 0 Å². The third kappa shape index (κ3) is 6.75. The van der Waals surface area contributed by atoms with Crippen LogP contribution in [0.15, 0.2) is 47.6 Å². The summed E-state index contributed by atoms with van der Waals surface area (Å²) < 4.78 is 0. The van der Waals surface area contributed by atoms with Crippen molar-refractivity contribution in [3.63, 3.8) is 0 Å². The Bertz CT molecular complexity index is 1450. The van der Waals surface area contributed by atoms with Gasteiger partial charge in [-0.3, -0.25) is 15.5 Å². The molecule has 3 saturated heterocycles. The van der Waals surface area contributed by atoms with Gasteiger partial charge < -0.3 is 0 Å². The smallest absolute Gasteiger partial charge is 0.0605 e. The molecule has 8 fully saturated rings. The number of allylic oxidation sites excluding steroid dienone is 7. The first-order chi connectivity index (χ1) is 26.7. The fourth-order valence-corrected chi connectivity index (χ4v) is 18.1. The molecular formula is C50H75N3S. The van der Waals surface area contributed by atoms with Gasteiger partial charge in [0.15, 0.2) is 0 Å². The van der Waals surface area contributed by atoms with Crippen molar-refractivity contribution in [1.29, 1.82) is 0 Å². The Morgan fingerprint density at radius 1 is 0.630 bits per heavy atom. The summed E-state index contributed by atoms with van der Waals surface area (Å²) in [6.07, 6.45) is 52.9. The van der Waals surface area contributed by atoms with Crippen molar-refractivity contribution < 1.29 is 0 Å². The molecule has 2 N–H and O–H groups in total. The molecule has 0 spiro atoms. The van der Waals surface area contributed by atoms with Crippen molar-refractivity contribution in [3.8, 4) is 0 Å². The molecule has 3 aliphatic heterocycles. The molecule has 8 aliphatic carbocycles. The predicted molar refractivity (Wildman–Crippen MR) is 227 cm³/mol. The van der Waals surface area contributed by atoms with Gasteiger partial charge >= 0.3 is 0 Å². The molecule has 0 aromatic carbocycles. The highest BCUT2D eigenvalue weighted by Gasteiger charge is 2.54. The van der Waals surface area contributed by atoms with Crippen LogP contribution in [0, 0.1) is 53.3 Å². The second-order valence-electron chi connectivity index (χ2n) is 21.2. The molecule has 11 aliphatic rings. The van der Waals surface area contributed by atoms with E-state index in [-0.39, 0.29) is 0 Å². The lowest BCUT2D eigenvalue weighted by Gasteiger charge is -2.52. The summed E-state index contributed by atoms with van der Waals surface area (Å²) in [6, 6.07) is 3.96. The second kappa shape index (κ2) is 15.7. The van der Waals surface area contributed by atoms with Crippen LogP contribution in [0.4, 0.5) is 0 Å². The Balaban J connectivity index is 0.727. The summed E-state index contributed by atoms with van der Waals surface area (Å²) in [5, 5.41) is 10.6. The quantitative estimate of drug-likeness (QED) is 0.274. The molecule has 0 aromatic rings. The zero-order valence-electron chi connectivity index (χ0n) is 33.8. The van der Waals surface area contributed by atoms with Crippen molar-refractivity contribution >= 4 is 11.8 Å². The fourth-order valence-electron chi connectivity index (χ4n) is 16.1. The van der Waals surface area contributed by atoms with E-state index in [2.05, 4.69) is 63.8 Å². The average molecular weight is 750 g/mol. The molecular weight excluding hydrogens is 675 g/mol. The van der Waals surface area contributed by atoms with E-state index in [1.54, 1.807) is 11.1 Å². The largest absolute Gasteiger partial charge is 0.299 e. The number of hydrogen-bond donors (Lipinski definition) is 2. The molecule has 0 amide bonds. The highest BCUT2D eigenvalue weighted by atomic mass is 32.2. The predicted octanol–water partition coefficient (Wildman–Crippen LogP) is 11.5. The molecule has 14 atom stereocenters. The summed E-state index contributed by atoms with van der Waals surface area (Å²) in [4.78, 5) is 3.19. The van der Waals surface area contributed by atoms with Gasteiger partial charge in [0.05, 0.1) is 6.17 Å². The SMILES string of the molecule is C1=CC2C(CC1)C1CC(C3C=CC(C4=CC5C(CC4)SC4CCCCC45)=CC3)CCC1N2C1CCC(C2NC3CCCCC3C(C3CCCCC3)N2)CC1. The highest BCUT2D eigenvalue weighted by molar-refractivity contribution is 8.00. The third-order valence-electron chi connectivity index (χ3n) is 18.7. The van der Waals surface area contributed by atoms with E-state index in [0.29, 0.717) is 6.17 Å². The van der Waals surface area contributed by atoms with Crippen LogP contribution in [0.3, 0.4) is 0 Å². The Labute approximate surface area is 334 Å². The van der Waals surface area contributed by atoms with E-state index in [1.165, 1.54) is 161 Å². The minimum atomic E-state index is 0.566. The number of nitrogens with zero attached hydrogens (tertiary/aromatic N) is 1. The molecule has 3 heterocycles. The van der Waals surface area contributed by atoms with Gasteiger partial charge in [0.25, 0.3) is 0 Å². The van der Waals surface area contributed by atoms with Crippen molar-refractivity contribution in [2.75, 3.05) is 0 Å². The number of fused-ring (bicyclic) bond motifs is 7. The number of rotatable bonds is 5. The van der Waals surface area contributed by atoms with Gasteiger partial charge in [-0.05, 0) is 180 Å². The van der Waals surface area contributed by atoms with Gasteiger partial charge in [0.2, 0.25) is 0 Å². The van der Waals surface area contributed by atoms with Gasteiger partial charge in [0, 0.05) is 40.7 Å². The lowest BCUT2D eigenvalue weighted by atomic mass is 9.67. The molecule has 0 radical (unpaired) electrons. The standard InChI is InChI=1S/C50H75N3S/c1-2-10-34(11-3-1)49-41-14-4-7-15-44(41)51-50(52-49)35-22-26-38(27-23-35)53-45-16-8-5-12-39(45)42-30-36(24-28-46(42)53)32-18-20-33(21-19-32)37-25-29-48-43(31-37)40-13-6-9-17-47(40)54-48/h8,16,18,20-21,31-32,34-36,38-52H,1-7,9-15,17,19,22-30H2. The molecule has 3 nitrogen and oxygen atoms in total. The van der Waals surface area contributed by atoms with E-state index in [4.69, 9.17) is 0 Å². The Morgan fingerprint density at radius 2 is 1.44 bits per heavy atom. The van der Waals surface area contributed by atoms with Crippen LogP contribution in [-0.2, 0) is 0 Å². The number of hydrogen-bond acceptors (Lipinski definition) is 4. The maximum Gasteiger partial charge on any atom is 0.0605 e. The van der Waals surface area contributed by atoms with Crippen LogP contribution in [-0.4, -0.2) is 51.8 Å². The molecule has 5 saturated carbocycles. The Hall–Kier alpha value is -0.810. The summed E-state index contributed by atoms with van der Waals surface area (Å²) in [5.74, 6) is 8.01. The molecule has 0 aromatic heterocycles. The van der Waals surface area contributed by atoms with Crippen molar-refractivity contribution in [2.24, 2.45) is 53.3 Å². The molecule has 4 heteroatoms. The van der Waals surface area contributed by atoms with Crippen molar-refractivity contribution in [2.45, 2.75) is 207 Å². The number of likely N-dealkylation sites (tertiary alicyclic amines) is 1. The topological polar surface area (TPSA) is 27.3 Å². The molecule has 0 bridgehead atoms. The van der Waals surface area contributed by atoms with E-state index in [1.807, 2.05) is 0 Å². The third-order valence-corrected chi connectivity index (χ3v) is 20.5. The Morgan fingerprint density at radius 3 is 2.31 bits per heavy atom. The normalized spacial score (nSPS) is 49.6.